The van der Waals surface area contributed by atoms with Crippen molar-refractivity contribution >= 4 is 23.5 Å². The third-order valence-electron chi connectivity index (χ3n) is 4.89. The van der Waals surface area contributed by atoms with E-state index in [2.05, 4.69) is 15.8 Å². The van der Waals surface area contributed by atoms with Gasteiger partial charge in [-0.05, 0) is 31.2 Å². The van der Waals surface area contributed by atoms with E-state index in [9.17, 15) is 14.4 Å². The van der Waals surface area contributed by atoms with Crippen LogP contribution >= 0.6 is 0 Å². The molecule has 4 rings (SSSR count). The van der Waals surface area contributed by atoms with E-state index in [1.807, 2.05) is 13.0 Å². The van der Waals surface area contributed by atoms with Crippen LogP contribution in [0, 0.1) is 12.8 Å². The molecule has 2 fully saturated rings. The number of carbonyl (C=O) groups excluding carboxylic acids is 3. The number of anilines is 1. The fraction of sp³-hybridized carbons (Fsp3) is 0.368. The number of aryl methyl sites for hydroxylation is 1. The first-order chi connectivity index (χ1) is 13.5. The molecule has 9 nitrogen and oxygen atoms in total. The van der Waals surface area contributed by atoms with E-state index in [0.29, 0.717) is 30.9 Å². The molecule has 2 saturated heterocycles. The summed E-state index contributed by atoms with van der Waals surface area (Å²) in [7, 11) is 0. The van der Waals surface area contributed by atoms with Crippen LogP contribution in [-0.2, 0) is 16.0 Å². The van der Waals surface area contributed by atoms with Gasteiger partial charge in [0, 0.05) is 29.7 Å². The van der Waals surface area contributed by atoms with Crippen LogP contribution in [0.2, 0.25) is 0 Å². The molecular formula is C19H20N4O5. The fourth-order valence-electron chi connectivity index (χ4n) is 3.42. The molecule has 28 heavy (non-hydrogen) atoms. The van der Waals surface area contributed by atoms with Gasteiger partial charge >= 0.3 is 6.03 Å². The molecule has 1 aromatic heterocycles. The fourth-order valence-corrected chi connectivity index (χ4v) is 3.42. The lowest BCUT2D eigenvalue weighted by Gasteiger charge is -2.18. The van der Waals surface area contributed by atoms with Gasteiger partial charge in [0.15, 0.2) is 0 Å². The van der Waals surface area contributed by atoms with E-state index in [4.69, 9.17) is 9.26 Å². The number of ether oxygens (including phenoxy) is 1. The lowest BCUT2D eigenvalue weighted by atomic mass is 9.98. The number of urea groups is 1. The number of hydrogen-bond acceptors (Lipinski definition) is 6. The molecule has 0 radical (unpaired) electrons. The minimum Gasteiger partial charge on any atom is -0.379 e. The number of imide groups is 1. The molecule has 0 saturated carbocycles. The molecule has 2 aliphatic rings. The summed E-state index contributed by atoms with van der Waals surface area (Å²) in [4.78, 5) is 36.9. The van der Waals surface area contributed by atoms with Crippen LogP contribution in [0.5, 0.6) is 0 Å². The summed E-state index contributed by atoms with van der Waals surface area (Å²) >= 11 is 0. The monoisotopic (exact) mass is 384 g/mol. The highest BCUT2D eigenvalue weighted by atomic mass is 16.5. The summed E-state index contributed by atoms with van der Waals surface area (Å²) in [5.41, 5.74) is 1.85. The number of nitrogens with one attached hydrogen (secondary N) is 2. The van der Waals surface area contributed by atoms with Crippen molar-refractivity contribution in [3.63, 3.8) is 0 Å². The number of aromatic nitrogens is 1. The van der Waals surface area contributed by atoms with Crippen LogP contribution in [0.1, 0.15) is 21.8 Å². The molecule has 3 heterocycles. The van der Waals surface area contributed by atoms with E-state index in [0.717, 1.165) is 11.5 Å². The Morgan fingerprint density at radius 3 is 2.71 bits per heavy atom. The predicted molar refractivity (Wildman–Crippen MR) is 97.8 cm³/mol. The molecule has 146 valence electrons. The number of rotatable bonds is 5. The Hall–Kier alpha value is -3.20. The summed E-state index contributed by atoms with van der Waals surface area (Å²) in [5, 5.41) is 9.11. The number of amides is 4. The van der Waals surface area contributed by atoms with Crippen LogP contribution in [0.3, 0.4) is 0 Å². The maximum absolute atomic E-state index is 12.6. The number of benzene rings is 1. The van der Waals surface area contributed by atoms with Crippen molar-refractivity contribution in [2.75, 3.05) is 24.7 Å². The van der Waals surface area contributed by atoms with Gasteiger partial charge in [-0.2, -0.15) is 0 Å². The molecule has 0 bridgehead atoms. The van der Waals surface area contributed by atoms with Gasteiger partial charge < -0.3 is 14.6 Å². The van der Waals surface area contributed by atoms with E-state index in [-0.39, 0.29) is 30.3 Å². The summed E-state index contributed by atoms with van der Waals surface area (Å²) in [6, 6.07) is 7.85. The summed E-state index contributed by atoms with van der Waals surface area (Å²) in [5.74, 6) is 0.314. The highest BCUT2D eigenvalue weighted by molar-refractivity contribution is 6.12. The summed E-state index contributed by atoms with van der Waals surface area (Å²) in [6.45, 7) is 2.83. The quantitative estimate of drug-likeness (QED) is 0.744. The van der Waals surface area contributed by atoms with Gasteiger partial charge in [-0.3, -0.25) is 19.8 Å². The Bertz CT molecular complexity index is 907. The molecule has 9 heteroatoms. The number of carbonyl (C=O) groups is 3. The molecule has 0 spiro atoms. The lowest BCUT2D eigenvalue weighted by Crippen LogP contribution is -2.40. The topological polar surface area (TPSA) is 114 Å². The molecule has 2 aromatic rings. The normalized spacial score (nSPS) is 21.8. The average molecular weight is 384 g/mol. The van der Waals surface area contributed by atoms with E-state index < -0.39 is 6.03 Å². The highest BCUT2D eigenvalue weighted by Crippen LogP contribution is 2.21. The zero-order valence-electron chi connectivity index (χ0n) is 15.3. The molecular weight excluding hydrogens is 364 g/mol. The van der Waals surface area contributed by atoms with Crippen molar-refractivity contribution in [3.8, 4) is 0 Å². The second-order valence-corrected chi connectivity index (χ2v) is 7.00. The van der Waals surface area contributed by atoms with Crippen molar-refractivity contribution in [1.82, 2.24) is 15.8 Å². The van der Waals surface area contributed by atoms with Gasteiger partial charge in [0.2, 0.25) is 5.91 Å². The zero-order chi connectivity index (χ0) is 19.7. The smallest absolute Gasteiger partial charge is 0.329 e. The van der Waals surface area contributed by atoms with Gasteiger partial charge in [0.05, 0.1) is 24.9 Å². The molecule has 0 unspecified atom stereocenters. The maximum atomic E-state index is 12.6. The SMILES string of the molecule is Cc1cc(C[C@@H]2COC[C@@H]2NC(=O)c2ccc(N3CC(=O)NC3=O)cc2)on1. The molecule has 2 N–H and O–H groups in total. The van der Waals surface area contributed by atoms with Crippen molar-refractivity contribution in [2.45, 2.75) is 19.4 Å². The van der Waals surface area contributed by atoms with Crippen LogP contribution in [0.25, 0.3) is 0 Å². The largest absolute Gasteiger partial charge is 0.379 e. The first kappa shape index (κ1) is 18.2. The van der Waals surface area contributed by atoms with Crippen LogP contribution in [0.4, 0.5) is 10.5 Å². The van der Waals surface area contributed by atoms with Crippen molar-refractivity contribution in [3.05, 3.63) is 47.3 Å². The third kappa shape index (κ3) is 3.74. The Morgan fingerprint density at radius 2 is 2.07 bits per heavy atom. The van der Waals surface area contributed by atoms with Gasteiger partial charge in [-0.15, -0.1) is 0 Å². The molecule has 1 aromatic carbocycles. The standard InChI is InChI=1S/C19H20N4O5/c1-11-6-15(28-22-11)7-13-9-27-10-16(13)20-18(25)12-2-4-14(5-3-12)23-8-17(24)21-19(23)26/h2-6,13,16H,7-10H2,1H3,(H,20,25)(H,21,24,26)/t13-,16+/m1/s1. The van der Waals surface area contributed by atoms with Crippen molar-refractivity contribution in [1.29, 1.82) is 0 Å². The van der Waals surface area contributed by atoms with Gasteiger partial charge in [-0.1, -0.05) is 5.16 Å². The maximum Gasteiger partial charge on any atom is 0.329 e. The zero-order valence-corrected chi connectivity index (χ0v) is 15.3. The molecule has 2 aliphatic heterocycles. The van der Waals surface area contributed by atoms with E-state index in [1.165, 1.54) is 4.90 Å². The number of nitrogens with zero attached hydrogens (tertiary/aromatic N) is 2. The Kier molecular flexibility index (Phi) is 4.82. The van der Waals surface area contributed by atoms with E-state index in [1.54, 1.807) is 24.3 Å². The predicted octanol–water partition coefficient (Wildman–Crippen LogP) is 1.03. The highest BCUT2D eigenvalue weighted by Gasteiger charge is 2.31. The first-order valence-corrected chi connectivity index (χ1v) is 9.02. The number of hydrogen-bond donors (Lipinski definition) is 2. The van der Waals surface area contributed by atoms with Gasteiger partial charge in [0.25, 0.3) is 5.91 Å². The molecule has 2 atom stereocenters. The average Bonchev–Trinajstić information content (AvgIpc) is 3.37. The Morgan fingerprint density at radius 1 is 1.29 bits per heavy atom. The first-order valence-electron chi connectivity index (χ1n) is 9.02. The third-order valence-corrected chi connectivity index (χ3v) is 4.89. The second-order valence-electron chi connectivity index (χ2n) is 7.00. The van der Waals surface area contributed by atoms with Gasteiger partial charge in [-0.25, -0.2) is 4.79 Å². The second kappa shape index (κ2) is 7.43. The minimum atomic E-state index is -0.462. The summed E-state index contributed by atoms with van der Waals surface area (Å²) < 4.78 is 10.8. The Balaban J connectivity index is 1.39. The minimum absolute atomic E-state index is 0.0212. The van der Waals surface area contributed by atoms with Crippen molar-refractivity contribution in [2.24, 2.45) is 5.92 Å². The van der Waals surface area contributed by atoms with Crippen molar-refractivity contribution < 1.29 is 23.6 Å². The van der Waals surface area contributed by atoms with Gasteiger partial charge in [0.1, 0.15) is 12.3 Å². The lowest BCUT2D eigenvalue weighted by molar-refractivity contribution is -0.117. The van der Waals surface area contributed by atoms with Crippen LogP contribution in [0.15, 0.2) is 34.9 Å². The Labute approximate surface area is 161 Å². The molecule has 0 aliphatic carbocycles. The van der Waals surface area contributed by atoms with E-state index >= 15 is 0 Å². The van der Waals surface area contributed by atoms with Crippen LogP contribution < -0.4 is 15.5 Å². The molecule has 4 amide bonds. The summed E-state index contributed by atoms with van der Waals surface area (Å²) in [6.07, 6.45) is 0.642. The van der Waals surface area contributed by atoms with Crippen LogP contribution in [-0.4, -0.2) is 48.8 Å².